The van der Waals surface area contributed by atoms with Crippen LogP contribution in [0, 0.1) is 0 Å². The molecule has 110 valence electrons. The number of amides is 1. The van der Waals surface area contributed by atoms with Gasteiger partial charge in [-0.2, -0.15) is 0 Å². The summed E-state index contributed by atoms with van der Waals surface area (Å²) < 4.78 is 1.80. The van der Waals surface area contributed by atoms with Gasteiger partial charge in [0.2, 0.25) is 0 Å². The number of hydrogen-bond acceptors (Lipinski definition) is 5. The summed E-state index contributed by atoms with van der Waals surface area (Å²) in [6, 6.07) is 0.890. The summed E-state index contributed by atoms with van der Waals surface area (Å²) in [5, 5.41) is 11.3. The molecule has 0 saturated carbocycles. The second kappa shape index (κ2) is 5.49. The van der Waals surface area contributed by atoms with E-state index in [9.17, 15) is 4.79 Å². The molecule has 3 rings (SSSR count). The van der Waals surface area contributed by atoms with Gasteiger partial charge < -0.3 is 10.2 Å². The Kier molecular flexibility index (Phi) is 3.71. The monoisotopic (exact) mass is 278 g/mol. The maximum Gasteiger partial charge on any atom is 0.276 e. The smallest absolute Gasteiger partial charge is 0.276 e. The predicted octanol–water partition coefficient (Wildman–Crippen LogP) is -0.411. The van der Waals surface area contributed by atoms with Gasteiger partial charge in [0.25, 0.3) is 5.91 Å². The highest BCUT2D eigenvalue weighted by Crippen LogP contribution is 2.12. The van der Waals surface area contributed by atoms with Crippen LogP contribution in [-0.4, -0.2) is 76.0 Å². The molecule has 0 spiro atoms. The Bertz CT molecular complexity index is 473. The lowest BCUT2D eigenvalue weighted by Gasteiger charge is -2.36. The number of nitrogens with zero attached hydrogens (tertiary/aromatic N) is 5. The molecule has 7 nitrogen and oxygen atoms in total. The summed E-state index contributed by atoms with van der Waals surface area (Å²) in [4.78, 5) is 16.7. The zero-order valence-corrected chi connectivity index (χ0v) is 12.1. The molecule has 7 heteroatoms. The maximum absolute atomic E-state index is 12.4. The molecule has 0 aromatic carbocycles. The topological polar surface area (TPSA) is 66.3 Å². The van der Waals surface area contributed by atoms with Crippen molar-refractivity contribution in [1.29, 1.82) is 0 Å². The first-order valence-corrected chi connectivity index (χ1v) is 7.31. The molecule has 1 amide bonds. The van der Waals surface area contributed by atoms with Crippen molar-refractivity contribution in [2.45, 2.75) is 25.9 Å². The second-order valence-corrected chi connectivity index (χ2v) is 5.82. The van der Waals surface area contributed by atoms with Gasteiger partial charge in [-0.3, -0.25) is 9.69 Å². The van der Waals surface area contributed by atoms with Crippen LogP contribution in [0.3, 0.4) is 0 Å². The molecular weight excluding hydrogens is 256 g/mol. The molecule has 2 aliphatic rings. The molecule has 2 fully saturated rings. The third-order valence-corrected chi connectivity index (χ3v) is 4.20. The van der Waals surface area contributed by atoms with Crippen molar-refractivity contribution < 1.29 is 4.79 Å². The van der Waals surface area contributed by atoms with E-state index < -0.39 is 0 Å². The first kappa shape index (κ1) is 13.5. The zero-order valence-electron chi connectivity index (χ0n) is 12.1. The minimum atomic E-state index is 0.00642. The lowest BCUT2D eigenvalue weighted by Crippen LogP contribution is -2.50. The van der Waals surface area contributed by atoms with Crippen molar-refractivity contribution in [2.75, 3.05) is 39.3 Å². The molecule has 2 aliphatic heterocycles. The summed E-state index contributed by atoms with van der Waals surface area (Å²) in [6.45, 7) is 9.61. The maximum atomic E-state index is 12.4. The molecule has 0 unspecified atom stereocenters. The summed E-state index contributed by atoms with van der Waals surface area (Å²) >= 11 is 0. The van der Waals surface area contributed by atoms with Crippen molar-refractivity contribution in [1.82, 2.24) is 30.1 Å². The minimum Gasteiger partial charge on any atom is -0.335 e. The van der Waals surface area contributed by atoms with Crippen molar-refractivity contribution >= 4 is 5.91 Å². The number of piperazine rings is 1. The molecule has 2 saturated heterocycles. The van der Waals surface area contributed by atoms with E-state index in [0.717, 1.165) is 39.3 Å². The van der Waals surface area contributed by atoms with Gasteiger partial charge in [-0.25, -0.2) is 4.68 Å². The fourth-order valence-electron chi connectivity index (χ4n) is 2.62. The van der Waals surface area contributed by atoms with Crippen LogP contribution in [-0.2, 0) is 0 Å². The van der Waals surface area contributed by atoms with Crippen LogP contribution >= 0.6 is 0 Å². The standard InChI is InChI=1S/C13H22N6O/c1-10(2)17-3-5-18(6-4-17)13(20)12-9-19(16-15-12)11-7-14-8-11/h9-11,14H,3-8H2,1-2H3. The van der Waals surface area contributed by atoms with Gasteiger partial charge in [-0.15, -0.1) is 5.10 Å². The number of aromatic nitrogens is 3. The molecule has 0 aliphatic carbocycles. The summed E-state index contributed by atoms with van der Waals surface area (Å²) in [6.07, 6.45) is 1.78. The Labute approximate surface area is 118 Å². The highest BCUT2D eigenvalue weighted by atomic mass is 16.2. The van der Waals surface area contributed by atoms with E-state index in [-0.39, 0.29) is 5.91 Å². The van der Waals surface area contributed by atoms with E-state index in [1.54, 1.807) is 10.9 Å². The highest BCUT2D eigenvalue weighted by molar-refractivity contribution is 5.92. The molecule has 1 aromatic rings. The summed E-state index contributed by atoms with van der Waals surface area (Å²) in [7, 11) is 0. The minimum absolute atomic E-state index is 0.00642. The lowest BCUT2D eigenvalue weighted by molar-refractivity contribution is 0.0590. The fourth-order valence-corrected chi connectivity index (χ4v) is 2.62. The SMILES string of the molecule is CC(C)N1CCN(C(=O)c2cn(C3CNC3)nn2)CC1. The van der Waals surface area contributed by atoms with Crippen LogP contribution in [0.5, 0.6) is 0 Å². The molecule has 0 radical (unpaired) electrons. The highest BCUT2D eigenvalue weighted by Gasteiger charge is 2.26. The summed E-state index contributed by atoms with van der Waals surface area (Å²) in [5.74, 6) is 0.00642. The first-order valence-electron chi connectivity index (χ1n) is 7.31. The van der Waals surface area contributed by atoms with E-state index in [4.69, 9.17) is 0 Å². The third kappa shape index (κ3) is 2.55. The van der Waals surface area contributed by atoms with E-state index in [1.165, 1.54) is 0 Å². The predicted molar refractivity (Wildman–Crippen MR) is 74.5 cm³/mol. The Morgan fingerprint density at radius 3 is 2.55 bits per heavy atom. The van der Waals surface area contributed by atoms with Crippen LogP contribution in [0.25, 0.3) is 0 Å². The molecular formula is C13H22N6O. The van der Waals surface area contributed by atoms with Crippen molar-refractivity contribution in [3.05, 3.63) is 11.9 Å². The average Bonchev–Trinajstić information content (AvgIpc) is 2.85. The van der Waals surface area contributed by atoms with E-state index in [2.05, 4.69) is 34.4 Å². The van der Waals surface area contributed by atoms with Crippen LogP contribution in [0.4, 0.5) is 0 Å². The molecule has 0 atom stereocenters. The van der Waals surface area contributed by atoms with Crippen LogP contribution < -0.4 is 5.32 Å². The Balaban J connectivity index is 1.60. The Hall–Kier alpha value is -1.47. The van der Waals surface area contributed by atoms with Gasteiger partial charge in [0.1, 0.15) is 0 Å². The molecule has 20 heavy (non-hydrogen) atoms. The van der Waals surface area contributed by atoms with Gasteiger partial charge in [0.05, 0.1) is 12.2 Å². The van der Waals surface area contributed by atoms with E-state index >= 15 is 0 Å². The lowest BCUT2D eigenvalue weighted by atomic mass is 10.2. The molecule has 0 bridgehead atoms. The number of carbonyl (C=O) groups excluding carboxylic acids is 1. The largest absolute Gasteiger partial charge is 0.335 e. The van der Waals surface area contributed by atoms with Gasteiger partial charge in [0, 0.05) is 45.3 Å². The van der Waals surface area contributed by atoms with Crippen molar-refractivity contribution in [3.63, 3.8) is 0 Å². The van der Waals surface area contributed by atoms with Crippen molar-refractivity contribution in [2.24, 2.45) is 0 Å². The molecule has 1 N–H and O–H groups in total. The third-order valence-electron chi connectivity index (χ3n) is 4.20. The van der Waals surface area contributed by atoms with Crippen LogP contribution in [0.2, 0.25) is 0 Å². The Morgan fingerprint density at radius 2 is 2.00 bits per heavy atom. The second-order valence-electron chi connectivity index (χ2n) is 5.82. The van der Waals surface area contributed by atoms with Gasteiger partial charge in [0.15, 0.2) is 5.69 Å². The van der Waals surface area contributed by atoms with Crippen molar-refractivity contribution in [3.8, 4) is 0 Å². The van der Waals surface area contributed by atoms with E-state index in [0.29, 0.717) is 17.8 Å². The molecule has 1 aromatic heterocycles. The van der Waals surface area contributed by atoms with Crippen LogP contribution in [0.15, 0.2) is 6.20 Å². The van der Waals surface area contributed by atoms with Gasteiger partial charge in [-0.1, -0.05) is 5.21 Å². The average molecular weight is 278 g/mol. The Morgan fingerprint density at radius 1 is 1.30 bits per heavy atom. The number of hydrogen-bond donors (Lipinski definition) is 1. The quantitative estimate of drug-likeness (QED) is 0.814. The fraction of sp³-hybridized carbons (Fsp3) is 0.769. The number of carbonyl (C=O) groups is 1. The summed E-state index contributed by atoms with van der Waals surface area (Å²) in [5.41, 5.74) is 0.467. The normalized spacial score (nSPS) is 21.2. The first-order chi connectivity index (χ1) is 9.65. The van der Waals surface area contributed by atoms with Gasteiger partial charge >= 0.3 is 0 Å². The molecule has 3 heterocycles. The van der Waals surface area contributed by atoms with Crippen LogP contribution in [0.1, 0.15) is 30.4 Å². The zero-order chi connectivity index (χ0) is 14.1. The van der Waals surface area contributed by atoms with E-state index in [1.807, 2.05) is 4.90 Å². The van der Waals surface area contributed by atoms with Gasteiger partial charge in [-0.05, 0) is 13.8 Å². The number of nitrogens with one attached hydrogen (secondary N) is 1. The number of rotatable bonds is 3.